The van der Waals surface area contributed by atoms with Crippen LogP contribution in [0, 0.1) is 10.1 Å². The van der Waals surface area contributed by atoms with Gasteiger partial charge >= 0.3 is 0 Å². The van der Waals surface area contributed by atoms with E-state index in [1.807, 2.05) is 7.05 Å². The van der Waals surface area contributed by atoms with Crippen molar-refractivity contribution < 1.29 is 4.92 Å². The molecule has 18 heavy (non-hydrogen) atoms. The van der Waals surface area contributed by atoms with Crippen LogP contribution in [0.2, 0.25) is 0 Å². The second-order valence-corrected chi connectivity index (χ2v) is 3.67. The number of anilines is 1. The van der Waals surface area contributed by atoms with Gasteiger partial charge in [-0.15, -0.1) is 0 Å². The Morgan fingerprint density at radius 2 is 2.28 bits per heavy atom. The first-order valence-corrected chi connectivity index (χ1v) is 5.34. The summed E-state index contributed by atoms with van der Waals surface area (Å²) in [6, 6.07) is 2.98. The summed E-state index contributed by atoms with van der Waals surface area (Å²) in [6.07, 6.45) is 3.53. The van der Waals surface area contributed by atoms with E-state index < -0.39 is 4.92 Å². The Hall–Kier alpha value is -2.51. The molecule has 8 heteroatoms. The molecule has 0 amide bonds. The Labute approximate surface area is 103 Å². The lowest BCUT2D eigenvalue weighted by Crippen LogP contribution is -2.07. The van der Waals surface area contributed by atoms with Gasteiger partial charge in [-0.1, -0.05) is 0 Å². The first-order valence-electron chi connectivity index (χ1n) is 5.34. The zero-order valence-corrected chi connectivity index (χ0v) is 9.78. The lowest BCUT2D eigenvalue weighted by molar-refractivity contribution is -0.385. The van der Waals surface area contributed by atoms with Crippen molar-refractivity contribution in [2.45, 2.75) is 6.42 Å². The molecule has 0 saturated heterocycles. The van der Waals surface area contributed by atoms with Gasteiger partial charge < -0.3 is 5.32 Å². The summed E-state index contributed by atoms with van der Waals surface area (Å²) in [6.45, 7) is 0.620. The van der Waals surface area contributed by atoms with E-state index in [-0.39, 0.29) is 5.69 Å². The van der Waals surface area contributed by atoms with E-state index in [1.165, 1.54) is 12.3 Å². The first kappa shape index (κ1) is 12.0. The maximum atomic E-state index is 10.4. The lowest BCUT2D eigenvalue weighted by Gasteiger charge is -2.02. The van der Waals surface area contributed by atoms with E-state index in [0.717, 1.165) is 5.82 Å². The van der Waals surface area contributed by atoms with Crippen LogP contribution in [-0.4, -0.2) is 31.2 Å². The highest BCUT2D eigenvalue weighted by Gasteiger charge is 2.05. The molecule has 0 aliphatic rings. The third-order valence-electron chi connectivity index (χ3n) is 2.26. The molecule has 0 spiro atoms. The smallest absolute Gasteiger partial charge is 0.287 e. The summed E-state index contributed by atoms with van der Waals surface area (Å²) in [5.41, 5.74) is -0.0213. The summed E-state index contributed by atoms with van der Waals surface area (Å²) >= 11 is 0. The number of rotatable bonds is 5. The Bertz CT molecular complexity index is 536. The third-order valence-corrected chi connectivity index (χ3v) is 2.26. The maximum Gasteiger partial charge on any atom is 0.287 e. The summed E-state index contributed by atoms with van der Waals surface area (Å²) in [5, 5.41) is 17.6. The second kappa shape index (κ2) is 5.21. The van der Waals surface area contributed by atoms with Crippen molar-refractivity contribution in [3.8, 4) is 0 Å². The molecule has 2 heterocycles. The molecule has 94 valence electrons. The number of aromatic nitrogens is 4. The van der Waals surface area contributed by atoms with Gasteiger partial charge in [0, 0.05) is 26.1 Å². The Morgan fingerprint density at radius 3 is 2.83 bits per heavy atom. The minimum absolute atomic E-state index is 0.0213. The number of nitrogens with zero attached hydrogens (tertiary/aromatic N) is 5. The summed E-state index contributed by atoms with van der Waals surface area (Å²) in [7, 11) is 1.81. The van der Waals surface area contributed by atoms with E-state index in [9.17, 15) is 10.1 Å². The number of nitro groups is 1. The fraction of sp³-hybridized carbons (Fsp3) is 0.300. The predicted molar refractivity (Wildman–Crippen MR) is 64.1 cm³/mol. The van der Waals surface area contributed by atoms with Gasteiger partial charge in [0.05, 0.1) is 4.92 Å². The van der Waals surface area contributed by atoms with Crippen LogP contribution in [0.3, 0.4) is 0 Å². The summed E-state index contributed by atoms with van der Waals surface area (Å²) in [4.78, 5) is 18.0. The minimum Gasteiger partial charge on any atom is -0.370 e. The number of nitrogens with one attached hydrogen (secondary N) is 1. The zero-order chi connectivity index (χ0) is 13.0. The molecular formula is C10H12N6O2. The molecule has 0 fully saturated rings. The normalized spacial score (nSPS) is 10.3. The molecule has 0 bridgehead atoms. The highest BCUT2D eigenvalue weighted by Crippen LogP contribution is 2.11. The maximum absolute atomic E-state index is 10.4. The molecule has 0 unspecified atom stereocenters. The Kier molecular flexibility index (Phi) is 3.46. The van der Waals surface area contributed by atoms with Crippen LogP contribution in [0.4, 0.5) is 11.5 Å². The number of pyridine rings is 1. The van der Waals surface area contributed by atoms with Gasteiger partial charge in [-0.05, 0) is 6.07 Å². The molecule has 2 rings (SSSR count). The quantitative estimate of drug-likeness (QED) is 0.620. The monoisotopic (exact) mass is 248 g/mol. The van der Waals surface area contributed by atoms with Gasteiger partial charge in [0.15, 0.2) is 5.82 Å². The Morgan fingerprint density at radius 1 is 1.44 bits per heavy atom. The molecule has 0 aliphatic carbocycles. The van der Waals surface area contributed by atoms with Gasteiger partial charge in [0.2, 0.25) is 0 Å². The molecule has 1 N–H and O–H groups in total. The van der Waals surface area contributed by atoms with E-state index in [2.05, 4.69) is 20.4 Å². The second-order valence-electron chi connectivity index (χ2n) is 3.67. The largest absolute Gasteiger partial charge is 0.370 e. The van der Waals surface area contributed by atoms with Gasteiger partial charge in [0.1, 0.15) is 18.3 Å². The van der Waals surface area contributed by atoms with Gasteiger partial charge in [-0.3, -0.25) is 14.8 Å². The van der Waals surface area contributed by atoms with Gasteiger partial charge in [0.25, 0.3) is 5.69 Å². The standard InChI is InChI=1S/C10H12N6O2/c1-15-7-13-10(14-15)4-5-11-9-3-2-8(6-12-9)16(17)18/h2-3,6-7H,4-5H2,1H3,(H,11,12). The van der Waals surface area contributed by atoms with Crippen LogP contribution in [-0.2, 0) is 13.5 Å². The molecule has 0 atom stereocenters. The van der Waals surface area contributed by atoms with Crippen LogP contribution in [0.1, 0.15) is 5.82 Å². The molecule has 0 aliphatic heterocycles. The van der Waals surface area contributed by atoms with E-state index in [4.69, 9.17) is 0 Å². The van der Waals surface area contributed by atoms with Crippen molar-refractivity contribution in [1.29, 1.82) is 0 Å². The molecule has 2 aromatic rings. The third kappa shape index (κ3) is 3.00. The fourth-order valence-corrected chi connectivity index (χ4v) is 1.40. The van der Waals surface area contributed by atoms with E-state index in [0.29, 0.717) is 18.8 Å². The average molecular weight is 248 g/mol. The molecular weight excluding hydrogens is 236 g/mol. The van der Waals surface area contributed by atoms with Crippen LogP contribution in [0.25, 0.3) is 0 Å². The van der Waals surface area contributed by atoms with Crippen molar-refractivity contribution in [2.75, 3.05) is 11.9 Å². The SMILES string of the molecule is Cn1cnc(CCNc2ccc([N+](=O)[O-])cn2)n1. The predicted octanol–water partition coefficient (Wildman–Crippen LogP) is 0.773. The number of hydrogen-bond donors (Lipinski definition) is 1. The molecule has 0 saturated carbocycles. The Balaban J connectivity index is 1.85. The minimum atomic E-state index is -0.478. The zero-order valence-electron chi connectivity index (χ0n) is 9.78. The van der Waals surface area contributed by atoms with E-state index >= 15 is 0 Å². The van der Waals surface area contributed by atoms with Crippen LogP contribution < -0.4 is 5.32 Å². The van der Waals surface area contributed by atoms with Crippen molar-refractivity contribution >= 4 is 11.5 Å². The molecule has 0 aromatic carbocycles. The van der Waals surface area contributed by atoms with Gasteiger partial charge in [-0.2, -0.15) is 5.10 Å². The van der Waals surface area contributed by atoms with E-state index in [1.54, 1.807) is 17.1 Å². The van der Waals surface area contributed by atoms with Crippen LogP contribution in [0.5, 0.6) is 0 Å². The summed E-state index contributed by atoms with van der Waals surface area (Å²) < 4.78 is 1.64. The van der Waals surface area contributed by atoms with Crippen molar-refractivity contribution in [1.82, 2.24) is 19.7 Å². The number of hydrogen-bond acceptors (Lipinski definition) is 6. The van der Waals surface area contributed by atoms with Crippen molar-refractivity contribution in [2.24, 2.45) is 7.05 Å². The fourth-order valence-electron chi connectivity index (χ4n) is 1.40. The topological polar surface area (TPSA) is 98.8 Å². The molecule has 8 nitrogen and oxygen atoms in total. The van der Waals surface area contributed by atoms with Crippen molar-refractivity contribution in [3.63, 3.8) is 0 Å². The molecule has 0 radical (unpaired) electrons. The molecule has 2 aromatic heterocycles. The summed E-state index contributed by atoms with van der Waals surface area (Å²) in [5.74, 6) is 1.34. The highest BCUT2D eigenvalue weighted by molar-refractivity contribution is 5.40. The van der Waals surface area contributed by atoms with Crippen LogP contribution in [0.15, 0.2) is 24.7 Å². The first-order chi connectivity index (χ1) is 8.65. The van der Waals surface area contributed by atoms with Crippen LogP contribution >= 0.6 is 0 Å². The number of aryl methyl sites for hydroxylation is 1. The average Bonchev–Trinajstić information content (AvgIpc) is 2.76. The highest BCUT2D eigenvalue weighted by atomic mass is 16.6. The lowest BCUT2D eigenvalue weighted by atomic mass is 10.4. The van der Waals surface area contributed by atoms with Crippen molar-refractivity contribution in [3.05, 3.63) is 40.6 Å². The van der Waals surface area contributed by atoms with Gasteiger partial charge in [-0.25, -0.2) is 9.97 Å².